The normalized spacial score (nSPS) is 27.2. The summed E-state index contributed by atoms with van der Waals surface area (Å²) < 4.78 is 0. The van der Waals surface area contributed by atoms with Crippen LogP contribution in [0.3, 0.4) is 0 Å². The van der Waals surface area contributed by atoms with Crippen molar-refractivity contribution in [3.05, 3.63) is 0 Å². The fourth-order valence-corrected chi connectivity index (χ4v) is 4.90. The highest BCUT2D eigenvalue weighted by Gasteiger charge is 2.39. The summed E-state index contributed by atoms with van der Waals surface area (Å²) in [6.07, 6.45) is 2.30. The number of rotatable bonds is 3. The molecule has 25 heavy (non-hydrogen) atoms. The Kier molecular flexibility index (Phi) is 7.39. The third-order valence-corrected chi connectivity index (χ3v) is 6.08. The first-order chi connectivity index (χ1) is 11.6. The number of likely N-dealkylation sites (tertiary alicyclic amines) is 1. The first-order valence-electron chi connectivity index (χ1n) is 8.78. The molecule has 0 aromatic carbocycles. The predicted octanol–water partition coefficient (Wildman–Crippen LogP) is 0.143. The molecule has 3 amide bonds. The Morgan fingerprint density at radius 3 is 2.84 bits per heavy atom. The number of amides is 3. The Labute approximate surface area is 159 Å². The summed E-state index contributed by atoms with van der Waals surface area (Å²) in [4.78, 5) is 42.6. The molecule has 7 nitrogen and oxygen atoms in total. The minimum Gasteiger partial charge on any atom is -0.339 e. The molecule has 0 saturated carbocycles. The molecule has 3 heterocycles. The van der Waals surface area contributed by atoms with Gasteiger partial charge >= 0.3 is 0 Å². The molecule has 2 unspecified atom stereocenters. The lowest BCUT2D eigenvalue weighted by Crippen LogP contribution is -2.59. The van der Waals surface area contributed by atoms with Crippen LogP contribution in [0.5, 0.6) is 0 Å². The van der Waals surface area contributed by atoms with Gasteiger partial charge in [0.25, 0.3) is 0 Å². The Morgan fingerprint density at radius 2 is 2.12 bits per heavy atom. The van der Waals surface area contributed by atoms with Crippen molar-refractivity contribution in [1.29, 1.82) is 0 Å². The molecular weight excluding hydrogens is 364 g/mol. The fraction of sp³-hybridized carbons (Fsp3) is 0.812. The van der Waals surface area contributed by atoms with E-state index >= 15 is 0 Å². The maximum atomic E-state index is 12.9. The molecule has 142 valence electrons. The van der Waals surface area contributed by atoms with E-state index in [9.17, 15) is 14.4 Å². The standard InChI is InChI=1S/C16H26N4O3S.ClH/c1-2-14(21)20-11-24-10-13(20)16(23)18-6-3-4-12(9-18)19-7-5-17-8-15(19)22;/h12-13,17H,2-11H2,1H3;1H. The molecule has 9 heteroatoms. The quantitative estimate of drug-likeness (QED) is 0.742. The predicted molar refractivity (Wildman–Crippen MR) is 99.7 cm³/mol. The molecule has 3 aliphatic rings. The van der Waals surface area contributed by atoms with Gasteiger partial charge in [-0.1, -0.05) is 6.92 Å². The van der Waals surface area contributed by atoms with Crippen LogP contribution in [-0.4, -0.2) is 88.9 Å². The van der Waals surface area contributed by atoms with Gasteiger partial charge in [0.2, 0.25) is 17.7 Å². The highest BCUT2D eigenvalue weighted by Crippen LogP contribution is 2.25. The van der Waals surface area contributed by atoms with Crippen molar-refractivity contribution in [3.8, 4) is 0 Å². The average Bonchev–Trinajstić information content (AvgIpc) is 3.10. The van der Waals surface area contributed by atoms with Crippen LogP contribution < -0.4 is 5.32 Å². The van der Waals surface area contributed by atoms with E-state index in [0.717, 1.165) is 25.9 Å². The molecule has 0 radical (unpaired) electrons. The van der Waals surface area contributed by atoms with Crippen molar-refractivity contribution in [3.63, 3.8) is 0 Å². The van der Waals surface area contributed by atoms with Crippen molar-refractivity contribution in [2.24, 2.45) is 0 Å². The smallest absolute Gasteiger partial charge is 0.246 e. The maximum absolute atomic E-state index is 12.9. The molecule has 0 spiro atoms. The minimum atomic E-state index is -0.333. The molecule has 0 aromatic heterocycles. The zero-order chi connectivity index (χ0) is 17.1. The van der Waals surface area contributed by atoms with Gasteiger partial charge in [0, 0.05) is 44.4 Å². The van der Waals surface area contributed by atoms with Crippen molar-refractivity contribution in [2.75, 3.05) is 44.4 Å². The van der Waals surface area contributed by atoms with Crippen molar-refractivity contribution >= 4 is 41.9 Å². The molecule has 1 N–H and O–H groups in total. The summed E-state index contributed by atoms with van der Waals surface area (Å²) in [6.45, 7) is 5.08. The van der Waals surface area contributed by atoms with Gasteiger partial charge in [-0.2, -0.15) is 0 Å². The second-order valence-electron chi connectivity index (χ2n) is 6.58. The van der Waals surface area contributed by atoms with Gasteiger partial charge in [0.1, 0.15) is 6.04 Å². The Balaban J connectivity index is 0.00000225. The maximum Gasteiger partial charge on any atom is 0.246 e. The van der Waals surface area contributed by atoms with E-state index in [1.54, 1.807) is 16.7 Å². The van der Waals surface area contributed by atoms with Gasteiger partial charge < -0.3 is 20.0 Å². The van der Waals surface area contributed by atoms with Crippen LogP contribution in [0.25, 0.3) is 0 Å². The topological polar surface area (TPSA) is 73.0 Å². The largest absolute Gasteiger partial charge is 0.339 e. The second kappa shape index (κ2) is 9.09. The van der Waals surface area contributed by atoms with Crippen LogP contribution in [0.15, 0.2) is 0 Å². The Bertz CT molecular complexity index is 522. The number of halogens is 1. The summed E-state index contributed by atoms with van der Waals surface area (Å²) in [7, 11) is 0. The van der Waals surface area contributed by atoms with E-state index in [1.807, 2.05) is 16.7 Å². The summed E-state index contributed by atoms with van der Waals surface area (Å²) in [5, 5.41) is 3.09. The number of nitrogens with zero attached hydrogens (tertiary/aromatic N) is 3. The van der Waals surface area contributed by atoms with Crippen LogP contribution in [0.1, 0.15) is 26.2 Å². The van der Waals surface area contributed by atoms with Crippen LogP contribution in [0.4, 0.5) is 0 Å². The van der Waals surface area contributed by atoms with Crippen LogP contribution in [0.2, 0.25) is 0 Å². The monoisotopic (exact) mass is 390 g/mol. The van der Waals surface area contributed by atoms with Gasteiger partial charge in [-0.25, -0.2) is 0 Å². The number of piperidine rings is 1. The number of hydrogen-bond acceptors (Lipinski definition) is 5. The lowest BCUT2D eigenvalue weighted by atomic mass is 10.0. The molecule has 3 saturated heterocycles. The number of hydrogen-bond donors (Lipinski definition) is 1. The summed E-state index contributed by atoms with van der Waals surface area (Å²) in [5.74, 6) is 1.51. The second-order valence-corrected chi connectivity index (χ2v) is 7.58. The SMILES string of the molecule is CCC(=O)N1CSCC1C(=O)N1CCCC(N2CCNCC2=O)C1.Cl. The van der Waals surface area contributed by atoms with Gasteiger partial charge in [-0.05, 0) is 12.8 Å². The van der Waals surface area contributed by atoms with E-state index in [1.165, 1.54) is 0 Å². The number of carbonyl (C=O) groups is 3. The first kappa shape index (κ1) is 20.3. The van der Waals surface area contributed by atoms with Gasteiger partial charge in [-0.3, -0.25) is 14.4 Å². The zero-order valence-electron chi connectivity index (χ0n) is 14.6. The van der Waals surface area contributed by atoms with Crippen molar-refractivity contribution in [1.82, 2.24) is 20.0 Å². The third kappa shape index (κ3) is 4.41. The molecule has 0 bridgehead atoms. The molecule has 3 fully saturated rings. The van der Waals surface area contributed by atoms with Crippen molar-refractivity contribution in [2.45, 2.75) is 38.3 Å². The van der Waals surface area contributed by atoms with Crippen LogP contribution in [-0.2, 0) is 14.4 Å². The fourth-order valence-electron chi connectivity index (χ4n) is 3.72. The summed E-state index contributed by atoms with van der Waals surface area (Å²) in [5.41, 5.74) is 0. The van der Waals surface area contributed by atoms with Gasteiger partial charge in [0.15, 0.2) is 0 Å². The van der Waals surface area contributed by atoms with Crippen molar-refractivity contribution < 1.29 is 14.4 Å². The lowest BCUT2D eigenvalue weighted by molar-refractivity contribution is -0.146. The number of carbonyl (C=O) groups excluding carboxylic acids is 3. The summed E-state index contributed by atoms with van der Waals surface area (Å²) >= 11 is 1.64. The molecular formula is C16H27ClN4O3S. The average molecular weight is 391 g/mol. The minimum absolute atomic E-state index is 0. The number of nitrogens with one attached hydrogen (secondary N) is 1. The summed E-state index contributed by atoms with van der Waals surface area (Å²) in [6, 6.07) is -0.221. The number of thioether (sulfide) groups is 1. The van der Waals surface area contributed by atoms with E-state index in [2.05, 4.69) is 5.32 Å². The lowest BCUT2D eigenvalue weighted by Gasteiger charge is -2.42. The van der Waals surface area contributed by atoms with E-state index in [-0.39, 0.29) is 42.2 Å². The van der Waals surface area contributed by atoms with E-state index in [0.29, 0.717) is 37.7 Å². The zero-order valence-corrected chi connectivity index (χ0v) is 16.2. The van der Waals surface area contributed by atoms with Crippen LogP contribution >= 0.6 is 24.2 Å². The van der Waals surface area contributed by atoms with Crippen LogP contribution in [0, 0.1) is 0 Å². The number of piperazine rings is 1. The van der Waals surface area contributed by atoms with E-state index in [4.69, 9.17) is 0 Å². The molecule has 0 aliphatic carbocycles. The van der Waals surface area contributed by atoms with Gasteiger partial charge in [0.05, 0.1) is 12.4 Å². The third-order valence-electron chi connectivity index (χ3n) is 5.07. The highest BCUT2D eigenvalue weighted by atomic mass is 35.5. The Morgan fingerprint density at radius 1 is 1.32 bits per heavy atom. The highest BCUT2D eigenvalue weighted by molar-refractivity contribution is 7.99. The van der Waals surface area contributed by atoms with E-state index < -0.39 is 0 Å². The molecule has 0 aromatic rings. The molecule has 3 rings (SSSR count). The first-order valence-corrected chi connectivity index (χ1v) is 9.93. The van der Waals surface area contributed by atoms with Gasteiger partial charge in [-0.15, -0.1) is 24.2 Å². The molecule has 2 atom stereocenters. The molecule has 3 aliphatic heterocycles. The Hall–Kier alpha value is -0.990.